The van der Waals surface area contributed by atoms with Crippen molar-refractivity contribution in [3.63, 3.8) is 0 Å². The number of piperazine rings is 1. The SMILES string of the molecule is Cn1c(=O)c2c(nc(N3CCN(CC(N)=O)CC3)n2CCCc2ccccc2)n(C)c1=O. The molecule has 2 aromatic heterocycles. The summed E-state index contributed by atoms with van der Waals surface area (Å²) in [6, 6.07) is 10.2. The van der Waals surface area contributed by atoms with Crippen molar-refractivity contribution in [2.75, 3.05) is 37.6 Å². The Kier molecular flexibility index (Phi) is 6.13. The smallest absolute Gasteiger partial charge is 0.332 e. The number of carbonyl (C=O) groups is 1. The van der Waals surface area contributed by atoms with Gasteiger partial charge in [-0.3, -0.25) is 23.6 Å². The second kappa shape index (κ2) is 8.99. The predicted octanol–water partition coefficient (Wildman–Crippen LogP) is -0.326. The van der Waals surface area contributed by atoms with E-state index in [0.717, 1.165) is 17.4 Å². The number of hydrogen-bond donors (Lipinski definition) is 1. The summed E-state index contributed by atoms with van der Waals surface area (Å²) < 4.78 is 4.51. The molecule has 3 aromatic rings. The van der Waals surface area contributed by atoms with Crippen molar-refractivity contribution in [3.05, 3.63) is 56.7 Å². The molecule has 4 rings (SSSR count). The molecule has 0 radical (unpaired) electrons. The Balaban J connectivity index is 1.68. The molecule has 1 amide bonds. The highest BCUT2D eigenvalue weighted by Gasteiger charge is 2.25. The molecule has 0 aliphatic carbocycles. The van der Waals surface area contributed by atoms with Crippen LogP contribution in [0.3, 0.4) is 0 Å². The van der Waals surface area contributed by atoms with Gasteiger partial charge in [0.15, 0.2) is 11.2 Å². The highest BCUT2D eigenvalue weighted by atomic mass is 16.2. The zero-order valence-corrected chi connectivity index (χ0v) is 18.5. The van der Waals surface area contributed by atoms with E-state index in [9.17, 15) is 14.4 Å². The van der Waals surface area contributed by atoms with Gasteiger partial charge in [-0.2, -0.15) is 4.98 Å². The molecule has 0 atom stereocenters. The Hall–Kier alpha value is -3.40. The first-order chi connectivity index (χ1) is 15.4. The van der Waals surface area contributed by atoms with Crippen LogP contribution in [-0.4, -0.2) is 62.2 Å². The van der Waals surface area contributed by atoms with E-state index in [1.165, 1.54) is 17.2 Å². The molecule has 0 spiro atoms. The maximum absolute atomic E-state index is 13.0. The molecule has 32 heavy (non-hydrogen) atoms. The number of aromatic nitrogens is 4. The zero-order chi connectivity index (χ0) is 22.8. The van der Waals surface area contributed by atoms with Gasteiger partial charge in [0.25, 0.3) is 5.56 Å². The van der Waals surface area contributed by atoms with E-state index < -0.39 is 5.69 Å². The van der Waals surface area contributed by atoms with Gasteiger partial charge >= 0.3 is 5.69 Å². The number of benzene rings is 1. The van der Waals surface area contributed by atoms with Gasteiger partial charge in [-0.1, -0.05) is 30.3 Å². The van der Waals surface area contributed by atoms with Crippen molar-refractivity contribution in [2.24, 2.45) is 19.8 Å². The third kappa shape index (κ3) is 4.18. The normalized spacial score (nSPS) is 14.9. The zero-order valence-electron chi connectivity index (χ0n) is 18.5. The number of nitrogens with zero attached hydrogens (tertiary/aromatic N) is 6. The van der Waals surface area contributed by atoms with Gasteiger partial charge < -0.3 is 15.2 Å². The number of imidazole rings is 1. The fraction of sp³-hybridized carbons (Fsp3) is 0.455. The van der Waals surface area contributed by atoms with Gasteiger partial charge in [-0.25, -0.2) is 4.79 Å². The van der Waals surface area contributed by atoms with Crippen LogP contribution in [0.15, 0.2) is 39.9 Å². The van der Waals surface area contributed by atoms with E-state index in [1.54, 1.807) is 7.05 Å². The average molecular weight is 440 g/mol. The second-order valence-electron chi connectivity index (χ2n) is 8.26. The van der Waals surface area contributed by atoms with Crippen molar-refractivity contribution in [3.8, 4) is 0 Å². The highest BCUT2D eigenvalue weighted by Crippen LogP contribution is 2.22. The van der Waals surface area contributed by atoms with E-state index in [0.29, 0.717) is 49.8 Å². The predicted molar refractivity (Wildman–Crippen MR) is 123 cm³/mol. The van der Waals surface area contributed by atoms with Crippen LogP contribution < -0.4 is 21.9 Å². The first kappa shape index (κ1) is 21.8. The van der Waals surface area contributed by atoms with Crippen LogP contribution in [0.25, 0.3) is 11.2 Å². The minimum Gasteiger partial charge on any atom is -0.369 e. The molecular weight excluding hydrogens is 410 g/mol. The van der Waals surface area contributed by atoms with Crippen LogP contribution in [0.4, 0.5) is 5.95 Å². The monoisotopic (exact) mass is 439 g/mol. The van der Waals surface area contributed by atoms with Gasteiger partial charge in [-0.05, 0) is 18.4 Å². The topological polar surface area (TPSA) is 111 Å². The number of aryl methyl sites for hydroxylation is 3. The van der Waals surface area contributed by atoms with Crippen LogP contribution >= 0.6 is 0 Å². The number of fused-ring (bicyclic) bond motifs is 1. The second-order valence-corrected chi connectivity index (χ2v) is 8.26. The summed E-state index contributed by atoms with van der Waals surface area (Å²) in [5.41, 5.74) is 6.67. The molecule has 3 heterocycles. The number of anilines is 1. The fourth-order valence-electron chi connectivity index (χ4n) is 4.30. The lowest BCUT2D eigenvalue weighted by Gasteiger charge is -2.34. The van der Waals surface area contributed by atoms with Gasteiger partial charge in [0, 0.05) is 46.8 Å². The minimum absolute atomic E-state index is 0.233. The lowest BCUT2D eigenvalue weighted by molar-refractivity contribution is -0.119. The van der Waals surface area contributed by atoms with Crippen molar-refractivity contribution in [2.45, 2.75) is 19.4 Å². The summed E-state index contributed by atoms with van der Waals surface area (Å²) in [5, 5.41) is 0. The largest absolute Gasteiger partial charge is 0.369 e. The van der Waals surface area contributed by atoms with Gasteiger partial charge in [-0.15, -0.1) is 0 Å². The van der Waals surface area contributed by atoms with Gasteiger partial charge in [0.1, 0.15) is 0 Å². The van der Waals surface area contributed by atoms with E-state index in [2.05, 4.69) is 17.0 Å². The molecule has 1 aromatic carbocycles. The van der Waals surface area contributed by atoms with E-state index in [-0.39, 0.29) is 18.0 Å². The van der Waals surface area contributed by atoms with E-state index in [4.69, 9.17) is 10.7 Å². The summed E-state index contributed by atoms with van der Waals surface area (Å²) in [6.07, 6.45) is 1.70. The van der Waals surface area contributed by atoms with Crippen molar-refractivity contribution in [1.82, 2.24) is 23.6 Å². The highest BCUT2D eigenvalue weighted by molar-refractivity contribution is 5.76. The number of primary amides is 1. The van der Waals surface area contributed by atoms with Crippen LogP contribution in [0.5, 0.6) is 0 Å². The van der Waals surface area contributed by atoms with Crippen LogP contribution in [0.1, 0.15) is 12.0 Å². The molecule has 1 aliphatic heterocycles. The molecule has 1 saturated heterocycles. The molecule has 10 nitrogen and oxygen atoms in total. The standard InChI is InChI=1S/C22H29N7O3/c1-25-19-18(20(31)26(2)22(25)32)29(10-6-9-16-7-4-3-5-8-16)21(24-19)28-13-11-27(12-14-28)15-17(23)30/h3-5,7-8H,6,9-15H2,1-2H3,(H2,23,30). The lowest BCUT2D eigenvalue weighted by atomic mass is 10.1. The Bertz CT molecular complexity index is 1230. The molecule has 1 fully saturated rings. The summed E-state index contributed by atoms with van der Waals surface area (Å²) >= 11 is 0. The molecule has 0 saturated carbocycles. The molecule has 170 valence electrons. The summed E-state index contributed by atoms with van der Waals surface area (Å²) in [4.78, 5) is 45.6. The Morgan fingerprint density at radius 2 is 1.72 bits per heavy atom. The molecule has 10 heteroatoms. The Labute approximate surface area is 185 Å². The first-order valence-corrected chi connectivity index (χ1v) is 10.8. The number of amides is 1. The van der Waals surface area contributed by atoms with Crippen LogP contribution in [-0.2, 0) is 31.9 Å². The number of nitrogens with two attached hydrogens (primary N) is 1. The summed E-state index contributed by atoms with van der Waals surface area (Å²) in [7, 11) is 3.13. The molecule has 0 bridgehead atoms. The van der Waals surface area contributed by atoms with Crippen molar-refractivity contribution in [1.29, 1.82) is 0 Å². The number of hydrogen-bond acceptors (Lipinski definition) is 6. The quantitative estimate of drug-likeness (QED) is 0.540. The van der Waals surface area contributed by atoms with Crippen LogP contribution in [0, 0.1) is 0 Å². The van der Waals surface area contributed by atoms with Gasteiger partial charge in [0.2, 0.25) is 11.9 Å². The molecule has 2 N–H and O–H groups in total. The maximum atomic E-state index is 13.0. The Morgan fingerprint density at radius 1 is 1.03 bits per heavy atom. The summed E-state index contributed by atoms with van der Waals surface area (Å²) in [6.45, 7) is 3.50. The fourth-order valence-corrected chi connectivity index (χ4v) is 4.30. The third-order valence-corrected chi connectivity index (χ3v) is 6.05. The molecule has 0 unspecified atom stereocenters. The molecular formula is C22H29N7O3. The summed E-state index contributed by atoms with van der Waals surface area (Å²) in [5.74, 6) is 0.343. The first-order valence-electron chi connectivity index (χ1n) is 10.8. The average Bonchev–Trinajstić information content (AvgIpc) is 3.17. The van der Waals surface area contributed by atoms with Crippen LogP contribution in [0.2, 0.25) is 0 Å². The minimum atomic E-state index is -0.394. The van der Waals surface area contributed by atoms with E-state index in [1.807, 2.05) is 27.7 Å². The van der Waals surface area contributed by atoms with E-state index >= 15 is 0 Å². The Morgan fingerprint density at radius 3 is 2.38 bits per heavy atom. The van der Waals surface area contributed by atoms with Gasteiger partial charge in [0.05, 0.1) is 6.54 Å². The van der Waals surface area contributed by atoms with Crippen molar-refractivity contribution >= 4 is 23.0 Å². The molecule has 1 aliphatic rings. The number of carbonyl (C=O) groups excluding carboxylic acids is 1. The van der Waals surface area contributed by atoms with Crippen molar-refractivity contribution < 1.29 is 4.79 Å². The lowest BCUT2D eigenvalue weighted by Crippen LogP contribution is -2.49. The number of rotatable bonds is 7. The maximum Gasteiger partial charge on any atom is 0.332 e. The third-order valence-electron chi connectivity index (χ3n) is 6.05.